The van der Waals surface area contributed by atoms with Gasteiger partial charge in [0.05, 0.1) is 11.4 Å². The number of rotatable bonds is 6. The number of thiol groups is 1. The topological polar surface area (TPSA) is 3.24 Å². The van der Waals surface area contributed by atoms with Gasteiger partial charge in [-0.2, -0.15) is 0 Å². The van der Waals surface area contributed by atoms with Crippen LogP contribution in [0.2, 0.25) is 0 Å². The lowest BCUT2D eigenvalue weighted by molar-refractivity contribution is 1.09. The van der Waals surface area contributed by atoms with E-state index in [4.69, 9.17) is 12.6 Å². The number of benzene rings is 7. The molecule has 0 amide bonds. The summed E-state index contributed by atoms with van der Waals surface area (Å²) in [7, 11) is 0. The average Bonchev–Trinajstić information content (AvgIpc) is 3.15. The molecule has 0 atom stereocenters. The van der Waals surface area contributed by atoms with Gasteiger partial charge in [-0.15, -0.1) is 12.6 Å². The molecule has 2 heteroatoms. The third kappa shape index (κ3) is 8.99. The van der Waals surface area contributed by atoms with Gasteiger partial charge < -0.3 is 4.90 Å². The van der Waals surface area contributed by atoms with Crippen molar-refractivity contribution >= 4 is 29.7 Å². The zero-order valence-corrected chi connectivity index (χ0v) is 29.8. The standard InChI is InChI=1S/C37H29NS.C7H8.C3H8/c1-27-13-12-21-35(37(27)33-19-9-11-22-36(33)39)38(31-25-23-29(24-26-31)28-14-4-2-5-15-28)34-20-10-8-18-32(34)30-16-6-3-7-17-30;1-7-5-3-2-4-6-7;1-3-2/h2-26,39H,1H3;2-6H,1H3;3H2,1-2H3. The second-order valence-electron chi connectivity index (χ2n) is 12.0. The maximum Gasteiger partial charge on any atom is 0.0543 e. The van der Waals surface area contributed by atoms with E-state index >= 15 is 0 Å². The minimum Gasteiger partial charge on any atom is -0.309 e. The average molecular weight is 656 g/mol. The van der Waals surface area contributed by atoms with Crippen LogP contribution in [0.25, 0.3) is 33.4 Å². The van der Waals surface area contributed by atoms with Gasteiger partial charge in [0.15, 0.2) is 0 Å². The molecule has 0 bridgehead atoms. The predicted molar refractivity (Wildman–Crippen MR) is 217 cm³/mol. The monoisotopic (exact) mass is 655 g/mol. The Morgan fingerprint density at radius 2 is 0.898 bits per heavy atom. The largest absolute Gasteiger partial charge is 0.309 e. The van der Waals surface area contributed by atoms with Crippen molar-refractivity contribution in [3.05, 3.63) is 193 Å². The van der Waals surface area contributed by atoms with E-state index in [2.05, 4.69) is 190 Å². The Morgan fingerprint density at radius 3 is 1.47 bits per heavy atom. The number of hydrogen-bond acceptors (Lipinski definition) is 2. The number of anilines is 3. The molecule has 0 aliphatic heterocycles. The molecule has 0 aromatic heterocycles. The zero-order chi connectivity index (χ0) is 34.4. The van der Waals surface area contributed by atoms with E-state index in [1.54, 1.807) is 0 Å². The van der Waals surface area contributed by atoms with Gasteiger partial charge in [-0.1, -0.05) is 177 Å². The van der Waals surface area contributed by atoms with E-state index in [0.717, 1.165) is 27.5 Å². The molecule has 0 fully saturated rings. The number of nitrogens with zero attached hydrogens (tertiary/aromatic N) is 1. The normalized spacial score (nSPS) is 10.2. The van der Waals surface area contributed by atoms with Crippen LogP contribution in [-0.4, -0.2) is 0 Å². The van der Waals surface area contributed by atoms with Gasteiger partial charge in [-0.05, 0) is 72.0 Å². The van der Waals surface area contributed by atoms with Crippen molar-refractivity contribution in [2.24, 2.45) is 0 Å². The van der Waals surface area contributed by atoms with Crippen molar-refractivity contribution in [2.75, 3.05) is 4.90 Å². The van der Waals surface area contributed by atoms with Crippen LogP contribution in [0.3, 0.4) is 0 Å². The molecule has 0 heterocycles. The summed E-state index contributed by atoms with van der Waals surface area (Å²) >= 11 is 4.86. The highest BCUT2D eigenvalue weighted by Gasteiger charge is 2.22. The fourth-order valence-electron chi connectivity index (χ4n) is 5.78. The third-order valence-corrected chi connectivity index (χ3v) is 8.46. The predicted octanol–water partition coefficient (Wildman–Crippen LogP) is 14.2. The van der Waals surface area contributed by atoms with Gasteiger partial charge in [-0.3, -0.25) is 0 Å². The first-order valence-electron chi connectivity index (χ1n) is 17.0. The molecule has 49 heavy (non-hydrogen) atoms. The summed E-state index contributed by atoms with van der Waals surface area (Å²) in [5.41, 5.74) is 12.9. The van der Waals surface area contributed by atoms with E-state index < -0.39 is 0 Å². The van der Waals surface area contributed by atoms with Crippen LogP contribution in [0.15, 0.2) is 187 Å². The minimum absolute atomic E-state index is 0.962. The van der Waals surface area contributed by atoms with Crippen molar-refractivity contribution in [1.29, 1.82) is 0 Å². The van der Waals surface area contributed by atoms with E-state index in [-0.39, 0.29) is 0 Å². The SMILES string of the molecule is CCC.Cc1cccc(N(c2ccc(-c3ccccc3)cc2)c2ccccc2-c2ccccc2)c1-c1ccccc1S.Cc1ccccc1. The van der Waals surface area contributed by atoms with Gasteiger partial charge in [0.1, 0.15) is 0 Å². The molecule has 0 radical (unpaired) electrons. The summed E-state index contributed by atoms with van der Waals surface area (Å²) in [4.78, 5) is 3.35. The fourth-order valence-corrected chi connectivity index (χ4v) is 6.05. The lowest BCUT2D eigenvalue weighted by Gasteiger charge is -2.31. The number of aryl methyl sites for hydroxylation is 2. The van der Waals surface area contributed by atoms with Gasteiger partial charge in [0.2, 0.25) is 0 Å². The van der Waals surface area contributed by atoms with Crippen LogP contribution >= 0.6 is 12.6 Å². The van der Waals surface area contributed by atoms with E-state index in [1.807, 2.05) is 24.3 Å². The second-order valence-corrected chi connectivity index (χ2v) is 12.5. The molecule has 0 aliphatic rings. The van der Waals surface area contributed by atoms with Crippen LogP contribution < -0.4 is 4.90 Å². The molecule has 0 saturated carbocycles. The van der Waals surface area contributed by atoms with E-state index in [1.165, 1.54) is 45.4 Å². The van der Waals surface area contributed by atoms with Gasteiger partial charge in [0, 0.05) is 21.7 Å². The zero-order valence-electron chi connectivity index (χ0n) is 28.9. The summed E-state index contributed by atoms with van der Waals surface area (Å²) in [6.07, 6.45) is 1.25. The maximum atomic E-state index is 4.86. The Balaban J connectivity index is 0.000000407. The van der Waals surface area contributed by atoms with E-state index in [9.17, 15) is 0 Å². The summed E-state index contributed by atoms with van der Waals surface area (Å²) in [6, 6.07) is 63.8. The van der Waals surface area contributed by atoms with Gasteiger partial charge in [-0.25, -0.2) is 0 Å². The van der Waals surface area contributed by atoms with E-state index in [0.29, 0.717) is 0 Å². The molecule has 0 N–H and O–H groups in total. The summed E-state index contributed by atoms with van der Waals surface area (Å²) < 4.78 is 0. The Labute approximate surface area is 299 Å². The Kier molecular flexibility index (Phi) is 12.7. The molecule has 244 valence electrons. The highest BCUT2D eigenvalue weighted by Crippen LogP contribution is 2.46. The highest BCUT2D eigenvalue weighted by molar-refractivity contribution is 7.80. The van der Waals surface area contributed by atoms with Crippen LogP contribution in [0.1, 0.15) is 31.4 Å². The fraction of sp³-hybridized carbons (Fsp3) is 0.106. The van der Waals surface area contributed by atoms with Crippen LogP contribution in [0, 0.1) is 13.8 Å². The molecule has 0 aliphatic carbocycles. The van der Waals surface area contributed by atoms with Crippen LogP contribution in [0.4, 0.5) is 17.1 Å². The molecule has 7 aromatic carbocycles. The van der Waals surface area contributed by atoms with Crippen LogP contribution in [0.5, 0.6) is 0 Å². The van der Waals surface area contributed by atoms with Crippen LogP contribution in [-0.2, 0) is 0 Å². The van der Waals surface area contributed by atoms with Crippen molar-refractivity contribution in [3.8, 4) is 33.4 Å². The summed E-state index contributed by atoms with van der Waals surface area (Å²) in [5, 5.41) is 0. The molecule has 0 unspecified atom stereocenters. The Hall–Kier alpha value is -5.31. The smallest absolute Gasteiger partial charge is 0.0543 e. The molecule has 1 nitrogen and oxygen atoms in total. The Bertz CT molecular complexity index is 2020. The second kappa shape index (κ2) is 17.7. The Morgan fingerprint density at radius 1 is 0.429 bits per heavy atom. The first-order valence-corrected chi connectivity index (χ1v) is 17.5. The van der Waals surface area contributed by atoms with Crippen molar-refractivity contribution in [2.45, 2.75) is 39.0 Å². The molecule has 7 aromatic rings. The maximum absolute atomic E-state index is 4.86. The quantitative estimate of drug-likeness (QED) is 0.175. The van der Waals surface area contributed by atoms with Crippen molar-refractivity contribution in [3.63, 3.8) is 0 Å². The minimum atomic E-state index is 0.962. The van der Waals surface area contributed by atoms with Gasteiger partial charge in [0.25, 0.3) is 0 Å². The van der Waals surface area contributed by atoms with Crippen molar-refractivity contribution in [1.82, 2.24) is 0 Å². The lowest BCUT2D eigenvalue weighted by Crippen LogP contribution is -2.13. The molecular weight excluding hydrogens is 611 g/mol. The first-order chi connectivity index (χ1) is 24.0. The summed E-state index contributed by atoms with van der Waals surface area (Å²) in [5.74, 6) is 0. The third-order valence-electron chi connectivity index (χ3n) is 8.07. The number of hydrogen-bond donors (Lipinski definition) is 1. The molecule has 7 rings (SSSR count). The molecule has 0 spiro atoms. The highest BCUT2D eigenvalue weighted by atomic mass is 32.1. The molecular formula is C47H45NS. The van der Waals surface area contributed by atoms with Crippen molar-refractivity contribution < 1.29 is 0 Å². The first kappa shape index (κ1) is 35.0. The van der Waals surface area contributed by atoms with Gasteiger partial charge >= 0.3 is 0 Å². The molecule has 0 saturated heterocycles. The summed E-state index contributed by atoms with van der Waals surface area (Å²) in [6.45, 7) is 8.51. The lowest BCUT2D eigenvalue weighted by atomic mass is 9.95. The number of para-hydroxylation sites is 1.